The van der Waals surface area contributed by atoms with Crippen molar-refractivity contribution >= 4 is 44.7 Å². The summed E-state index contributed by atoms with van der Waals surface area (Å²) in [6, 6.07) is 14.7. The normalized spacial score (nSPS) is 16.4. The molecule has 4 aromatic rings. The quantitative estimate of drug-likeness (QED) is 0.442. The van der Waals surface area contributed by atoms with Crippen molar-refractivity contribution in [2.24, 2.45) is 5.92 Å². The van der Waals surface area contributed by atoms with Crippen LogP contribution in [0.5, 0.6) is 0 Å². The number of rotatable bonds is 3. The lowest BCUT2D eigenvalue weighted by molar-refractivity contribution is 0.102. The number of anilines is 1. The van der Waals surface area contributed by atoms with Crippen LogP contribution >= 0.6 is 11.3 Å². The third-order valence-electron chi connectivity index (χ3n) is 5.99. The number of aryl methyl sites for hydroxylation is 1. The van der Waals surface area contributed by atoms with Crippen molar-refractivity contribution in [3.8, 4) is 0 Å². The molecule has 0 saturated carbocycles. The summed E-state index contributed by atoms with van der Waals surface area (Å²) in [6.45, 7) is 5.39. The van der Waals surface area contributed by atoms with Gasteiger partial charge in [0.2, 0.25) is 0 Å². The second kappa shape index (κ2) is 6.78. The maximum absolute atomic E-state index is 13.0. The van der Waals surface area contributed by atoms with E-state index in [4.69, 9.17) is 0 Å². The number of fused-ring (bicyclic) bond motifs is 4. The van der Waals surface area contributed by atoms with E-state index >= 15 is 0 Å². The first-order valence-corrected chi connectivity index (χ1v) is 10.9. The van der Waals surface area contributed by atoms with E-state index in [0.717, 1.165) is 36.6 Å². The van der Waals surface area contributed by atoms with E-state index in [9.17, 15) is 4.79 Å². The minimum absolute atomic E-state index is 0.0191. The van der Waals surface area contributed by atoms with E-state index in [1.54, 1.807) is 11.3 Å². The number of nitrogens with zero attached hydrogens (tertiary/aromatic N) is 1. The van der Waals surface area contributed by atoms with Gasteiger partial charge >= 0.3 is 0 Å². The maximum Gasteiger partial charge on any atom is 0.256 e. The van der Waals surface area contributed by atoms with Gasteiger partial charge in [-0.3, -0.25) is 4.79 Å². The summed E-state index contributed by atoms with van der Waals surface area (Å²) in [4.78, 5) is 14.4. The molecule has 28 heavy (non-hydrogen) atoms. The van der Waals surface area contributed by atoms with E-state index in [1.807, 2.05) is 11.4 Å². The van der Waals surface area contributed by atoms with Gasteiger partial charge in [-0.2, -0.15) is 0 Å². The third-order valence-corrected chi connectivity index (χ3v) is 7.04. The van der Waals surface area contributed by atoms with Gasteiger partial charge in [-0.1, -0.05) is 25.1 Å². The van der Waals surface area contributed by atoms with Crippen LogP contribution in [-0.4, -0.2) is 10.5 Å². The van der Waals surface area contributed by atoms with Crippen LogP contribution in [-0.2, 0) is 19.4 Å². The molecule has 0 unspecified atom stereocenters. The van der Waals surface area contributed by atoms with Gasteiger partial charge in [0.05, 0.1) is 5.56 Å². The lowest BCUT2D eigenvalue weighted by Crippen LogP contribution is -2.16. The zero-order valence-corrected chi connectivity index (χ0v) is 17.1. The van der Waals surface area contributed by atoms with Crippen LogP contribution in [0.1, 0.15) is 41.1 Å². The van der Waals surface area contributed by atoms with Crippen LogP contribution < -0.4 is 5.32 Å². The van der Waals surface area contributed by atoms with E-state index < -0.39 is 0 Å². The number of hydrogen-bond donors (Lipinski definition) is 1. The van der Waals surface area contributed by atoms with Crippen molar-refractivity contribution in [1.82, 2.24) is 4.57 Å². The van der Waals surface area contributed by atoms with Crippen molar-refractivity contribution in [3.63, 3.8) is 0 Å². The Hall–Kier alpha value is -2.59. The zero-order valence-electron chi connectivity index (χ0n) is 16.3. The average Bonchev–Trinajstić information content (AvgIpc) is 3.26. The van der Waals surface area contributed by atoms with Gasteiger partial charge in [-0.05, 0) is 61.9 Å². The number of carbonyl (C=O) groups is 1. The minimum atomic E-state index is 0.0191. The molecule has 3 nitrogen and oxygen atoms in total. The summed E-state index contributed by atoms with van der Waals surface area (Å²) >= 11 is 1.74. The molecule has 0 radical (unpaired) electrons. The molecule has 0 bridgehead atoms. The van der Waals surface area contributed by atoms with Crippen molar-refractivity contribution in [3.05, 3.63) is 63.8 Å². The molecule has 0 aliphatic heterocycles. The molecule has 2 heterocycles. The highest BCUT2D eigenvalue weighted by atomic mass is 32.1. The van der Waals surface area contributed by atoms with Gasteiger partial charge < -0.3 is 9.88 Å². The first kappa shape index (κ1) is 17.5. The van der Waals surface area contributed by atoms with Gasteiger partial charge in [0, 0.05) is 44.3 Å². The molecule has 142 valence electrons. The Morgan fingerprint density at radius 3 is 2.86 bits per heavy atom. The topological polar surface area (TPSA) is 34.0 Å². The molecule has 0 spiro atoms. The molecule has 1 amide bonds. The summed E-state index contributed by atoms with van der Waals surface area (Å²) in [7, 11) is 0. The second-order valence-corrected chi connectivity index (χ2v) is 8.81. The van der Waals surface area contributed by atoms with Crippen molar-refractivity contribution in [2.75, 3.05) is 5.32 Å². The molecule has 1 N–H and O–H groups in total. The number of carbonyl (C=O) groups excluding carboxylic acids is 1. The summed E-state index contributed by atoms with van der Waals surface area (Å²) < 4.78 is 2.33. The molecule has 1 atom stereocenters. The Labute approximate surface area is 169 Å². The summed E-state index contributed by atoms with van der Waals surface area (Å²) in [6.07, 6.45) is 3.30. The fourth-order valence-corrected chi connectivity index (χ4v) is 5.78. The van der Waals surface area contributed by atoms with Crippen LogP contribution in [0.4, 0.5) is 5.69 Å². The standard InChI is InChI=1S/C24H24N2OS/c1-3-26-21-7-5-4-6-17(21)19-13-16(9-11-22(19)26)25-24(27)20-14-28-23-12-15(2)8-10-18(20)23/h4-7,9,11,13-15H,3,8,10,12H2,1-2H3,(H,25,27)/t15-/m0/s1. The number of aromatic nitrogens is 1. The highest BCUT2D eigenvalue weighted by Gasteiger charge is 2.23. The van der Waals surface area contributed by atoms with Crippen molar-refractivity contribution in [1.29, 1.82) is 0 Å². The first-order chi connectivity index (χ1) is 13.7. The van der Waals surface area contributed by atoms with Crippen molar-refractivity contribution < 1.29 is 4.79 Å². The minimum Gasteiger partial charge on any atom is -0.341 e. The Kier molecular flexibility index (Phi) is 4.24. The van der Waals surface area contributed by atoms with Crippen LogP contribution in [0.3, 0.4) is 0 Å². The number of thiophene rings is 1. The molecular weight excluding hydrogens is 364 g/mol. The lowest BCUT2D eigenvalue weighted by Gasteiger charge is -2.18. The largest absolute Gasteiger partial charge is 0.341 e. The van der Waals surface area contributed by atoms with E-state index in [0.29, 0.717) is 0 Å². The first-order valence-electron chi connectivity index (χ1n) is 10.1. The fraction of sp³-hybridized carbons (Fsp3) is 0.292. The van der Waals surface area contributed by atoms with Gasteiger partial charge in [-0.25, -0.2) is 0 Å². The van der Waals surface area contributed by atoms with Crippen LogP contribution in [0, 0.1) is 5.92 Å². The van der Waals surface area contributed by atoms with Gasteiger partial charge in [0.15, 0.2) is 0 Å². The Morgan fingerprint density at radius 1 is 1.18 bits per heavy atom. The molecular formula is C24H24N2OS. The van der Waals surface area contributed by atoms with Crippen LogP contribution in [0.25, 0.3) is 21.8 Å². The van der Waals surface area contributed by atoms with E-state index in [-0.39, 0.29) is 5.91 Å². The van der Waals surface area contributed by atoms with E-state index in [1.165, 1.54) is 38.7 Å². The molecule has 2 aromatic carbocycles. The lowest BCUT2D eigenvalue weighted by atomic mass is 9.88. The zero-order chi connectivity index (χ0) is 19.3. The van der Waals surface area contributed by atoms with Crippen LogP contribution in [0.2, 0.25) is 0 Å². The number of para-hydroxylation sites is 1. The molecule has 0 fully saturated rings. The highest BCUT2D eigenvalue weighted by Crippen LogP contribution is 2.34. The summed E-state index contributed by atoms with van der Waals surface area (Å²) in [5.41, 5.74) is 5.45. The average molecular weight is 389 g/mol. The number of benzene rings is 2. The number of hydrogen-bond acceptors (Lipinski definition) is 2. The number of nitrogens with one attached hydrogen (secondary N) is 1. The van der Waals surface area contributed by atoms with Crippen molar-refractivity contribution in [2.45, 2.75) is 39.7 Å². The SMILES string of the molecule is CCn1c2ccccc2c2cc(NC(=O)c3csc4c3CC[C@H](C)C4)ccc21. The smallest absolute Gasteiger partial charge is 0.256 e. The Balaban J connectivity index is 1.51. The fourth-order valence-electron chi connectivity index (χ4n) is 4.54. The summed E-state index contributed by atoms with van der Waals surface area (Å²) in [5, 5.41) is 7.61. The molecule has 4 heteroatoms. The summed E-state index contributed by atoms with van der Waals surface area (Å²) in [5.74, 6) is 0.742. The monoisotopic (exact) mass is 388 g/mol. The Bertz CT molecular complexity index is 1200. The molecule has 0 saturated heterocycles. The van der Waals surface area contributed by atoms with E-state index in [2.05, 4.69) is 60.1 Å². The molecule has 2 aromatic heterocycles. The highest BCUT2D eigenvalue weighted by molar-refractivity contribution is 7.10. The van der Waals surface area contributed by atoms with Gasteiger partial charge in [0.1, 0.15) is 0 Å². The maximum atomic E-state index is 13.0. The molecule has 1 aliphatic rings. The second-order valence-electron chi connectivity index (χ2n) is 7.85. The van der Waals surface area contributed by atoms with Crippen LogP contribution in [0.15, 0.2) is 47.8 Å². The van der Waals surface area contributed by atoms with Gasteiger partial charge in [0.25, 0.3) is 5.91 Å². The molecule has 1 aliphatic carbocycles. The predicted molar refractivity (Wildman–Crippen MR) is 119 cm³/mol. The Morgan fingerprint density at radius 2 is 2.00 bits per heavy atom. The number of amides is 1. The third kappa shape index (κ3) is 2.75. The van der Waals surface area contributed by atoms with Gasteiger partial charge in [-0.15, -0.1) is 11.3 Å². The predicted octanol–water partition coefficient (Wildman–Crippen LogP) is 6.25. The molecule has 5 rings (SSSR count).